The van der Waals surface area contributed by atoms with E-state index in [0.29, 0.717) is 22.7 Å². The number of aryl methyl sites for hydroxylation is 3. The zero-order valence-corrected chi connectivity index (χ0v) is 22.3. The molecule has 0 fully saturated rings. The van der Waals surface area contributed by atoms with Gasteiger partial charge in [-0.1, -0.05) is 18.2 Å². The van der Waals surface area contributed by atoms with Crippen LogP contribution in [0.3, 0.4) is 0 Å². The third-order valence-corrected chi connectivity index (χ3v) is 8.34. The van der Waals surface area contributed by atoms with Crippen molar-refractivity contribution < 1.29 is 22.7 Å². The Balaban J connectivity index is 2.08. The van der Waals surface area contributed by atoms with Crippen LogP contribution < -0.4 is 4.74 Å². The minimum Gasteiger partial charge on any atom is -0.497 e. The monoisotopic (exact) mass is 498 g/mol. The van der Waals surface area contributed by atoms with E-state index in [4.69, 9.17) is 9.47 Å². The number of carbonyl (C=O) groups excluding carboxylic acids is 1. The third kappa shape index (κ3) is 5.60. The predicted molar refractivity (Wildman–Crippen MR) is 136 cm³/mol. The zero-order chi connectivity index (χ0) is 25.9. The molecule has 3 aromatic rings. The molecule has 2 aromatic carbocycles. The molecular weight excluding hydrogens is 464 g/mol. The fourth-order valence-corrected chi connectivity index (χ4v) is 5.69. The Hall–Kier alpha value is -3.10. The second-order valence-electron chi connectivity index (χ2n) is 8.77. The number of aromatic nitrogens is 1. The Morgan fingerprint density at radius 2 is 1.54 bits per heavy atom. The summed E-state index contributed by atoms with van der Waals surface area (Å²) in [5.74, 6) is 0.247. The van der Waals surface area contributed by atoms with Crippen LogP contribution in [0.1, 0.15) is 56.5 Å². The van der Waals surface area contributed by atoms with E-state index in [2.05, 4.69) is 4.98 Å². The fourth-order valence-electron chi connectivity index (χ4n) is 4.01. The van der Waals surface area contributed by atoms with Gasteiger partial charge < -0.3 is 14.5 Å². The summed E-state index contributed by atoms with van der Waals surface area (Å²) in [5.41, 5.74) is 6.06. The SMILES string of the molecule is CCOC(=O)c1[nH]c(CN(Cc2ccc(OC)cc2)S(=O)(=O)c2cc(C)c(C)cc2C)c(C)c1C. The maximum atomic E-state index is 14.0. The van der Waals surface area contributed by atoms with Crippen molar-refractivity contribution in [2.45, 2.75) is 59.5 Å². The molecule has 1 N–H and O–H groups in total. The van der Waals surface area contributed by atoms with Crippen LogP contribution in [0.4, 0.5) is 0 Å². The number of carbonyl (C=O) groups is 1. The van der Waals surface area contributed by atoms with Crippen molar-refractivity contribution in [2.75, 3.05) is 13.7 Å². The van der Waals surface area contributed by atoms with Crippen LogP contribution in [0.15, 0.2) is 41.3 Å². The summed E-state index contributed by atoms with van der Waals surface area (Å²) in [6.07, 6.45) is 0. The molecule has 3 rings (SSSR count). The summed E-state index contributed by atoms with van der Waals surface area (Å²) in [4.78, 5) is 15.8. The van der Waals surface area contributed by atoms with Gasteiger partial charge in [0, 0.05) is 12.2 Å². The second-order valence-corrected chi connectivity index (χ2v) is 10.7. The molecule has 0 aliphatic carbocycles. The topological polar surface area (TPSA) is 88.7 Å². The average molecular weight is 499 g/mol. The number of hydrogen-bond acceptors (Lipinski definition) is 5. The number of nitrogens with zero attached hydrogens (tertiary/aromatic N) is 1. The molecule has 7 nitrogen and oxygen atoms in total. The quantitative estimate of drug-likeness (QED) is 0.413. The van der Waals surface area contributed by atoms with Crippen molar-refractivity contribution in [3.05, 3.63) is 81.2 Å². The Bertz CT molecular complexity index is 1320. The van der Waals surface area contributed by atoms with E-state index in [1.807, 2.05) is 65.0 Å². The highest BCUT2D eigenvalue weighted by Gasteiger charge is 2.29. The van der Waals surface area contributed by atoms with Gasteiger partial charge in [0.05, 0.1) is 25.2 Å². The number of sulfonamides is 1. The van der Waals surface area contributed by atoms with Crippen LogP contribution in [0.25, 0.3) is 0 Å². The summed E-state index contributed by atoms with van der Waals surface area (Å²) in [6, 6.07) is 11.0. The van der Waals surface area contributed by atoms with Gasteiger partial charge in [0.2, 0.25) is 10.0 Å². The first-order chi connectivity index (χ1) is 16.5. The van der Waals surface area contributed by atoms with Gasteiger partial charge in [-0.25, -0.2) is 13.2 Å². The van der Waals surface area contributed by atoms with E-state index < -0.39 is 16.0 Å². The molecule has 0 unspecified atom stereocenters. The molecule has 0 saturated carbocycles. The van der Waals surface area contributed by atoms with Gasteiger partial charge in [-0.15, -0.1) is 0 Å². The van der Waals surface area contributed by atoms with Gasteiger partial charge >= 0.3 is 5.97 Å². The first-order valence-electron chi connectivity index (χ1n) is 11.6. The Morgan fingerprint density at radius 1 is 0.914 bits per heavy atom. The van der Waals surface area contributed by atoms with Crippen LogP contribution in [0.5, 0.6) is 5.75 Å². The molecule has 0 atom stereocenters. The van der Waals surface area contributed by atoms with Crippen LogP contribution in [-0.2, 0) is 27.8 Å². The van der Waals surface area contributed by atoms with Crippen LogP contribution in [-0.4, -0.2) is 37.4 Å². The van der Waals surface area contributed by atoms with Gasteiger partial charge in [-0.3, -0.25) is 0 Å². The van der Waals surface area contributed by atoms with Gasteiger partial charge in [0.15, 0.2) is 0 Å². The molecule has 0 radical (unpaired) electrons. The second kappa shape index (κ2) is 10.7. The number of methoxy groups -OCH3 is 1. The Labute approximate surface area is 208 Å². The molecule has 1 heterocycles. The lowest BCUT2D eigenvalue weighted by atomic mass is 10.1. The Kier molecular flexibility index (Phi) is 8.07. The standard InChI is InChI=1S/C27H34N2O5S/c1-8-34-27(30)26-21(6)20(5)24(28-26)16-29(15-22-9-11-23(33-7)12-10-22)35(31,32)25-14-18(3)17(2)13-19(25)4/h9-14,28H,8,15-16H2,1-7H3. The lowest BCUT2D eigenvalue weighted by molar-refractivity contribution is 0.0519. The van der Waals surface area contributed by atoms with E-state index in [1.54, 1.807) is 20.1 Å². The van der Waals surface area contributed by atoms with Crippen LogP contribution in [0, 0.1) is 34.6 Å². The highest BCUT2D eigenvalue weighted by molar-refractivity contribution is 7.89. The molecule has 188 valence electrons. The lowest BCUT2D eigenvalue weighted by Crippen LogP contribution is -2.31. The molecule has 0 aliphatic rings. The minimum absolute atomic E-state index is 0.0762. The number of hydrogen-bond donors (Lipinski definition) is 1. The largest absolute Gasteiger partial charge is 0.497 e. The van der Waals surface area contributed by atoms with E-state index >= 15 is 0 Å². The van der Waals surface area contributed by atoms with Crippen molar-refractivity contribution in [1.82, 2.24) is 9.29 Å². The highest BCUT2D eigenvalue weighted by atomic mass is 32.2. The smallest absolute Gasteiger partial charge is 0.355 e. The zero-order valence-electron chi connectivity index (χ0n) is 21.5. The fraction of sp³-hybridized carbons (Fsp3) is 0.370. The number of esters is 1. The van der Waals surface area contributed by atoms with Crippen molar-refractivity contribution >= 4 is 16.0 Å². The van der Waals surface area contributed by atoms with Crippen molar-refractivity contribution in [3.63, 3.8) is 0 Å². The number of benzene rings is 2. The van der Waals surface area contributed by atoms with Crippen LogP contribution in [0.2, 0.25) is 0 Å². The lowest BCUT2D eigenvalue weighted by Gasteiger charge is -2.24. The molecule has 35 heavy (non-hydrogen) atoms. The van der Waals surface area contributed by atoms with Crippen molar-refractivity contribution in [2.24, 2.45) is 0 Å². The van der Waals surface area contributed by atoms with E-state index in [-0.39, 0.29) is 24.6 Å². The first-order valence-corrected chi connectivity index (χ1v) is 13.0. The molecule has 0 aliphatic heterocycles. The molecule has 0 spiro atoms. The Morgan fingerprint density at radius 3 is 2.14 bits per heavy atom. The van der Waals surface area contributed by atoms with Crippen molar-refractivity contribution in [1.29, 1.82) is 0 Å². The number of aromatic amines is 1. The molecule has 8 heteroatoms. The molecule has 1 aromatic heterocycles. The highest BCUT2D eigenvalue weighted by Crippen LogP contribution is 2.28. The summed E-state index contributed by atoms with van der Waals surface area (Å²) < 4.78 is 39.8. The average Bonchev–Trinajstić information content (AvgIpc) is 3.10. The first kappa shape index (κ1) is 26.5. The number of nitrogens with one attached hydrogen (secondary N) is 1. The summed E-state index contributed by atoms with van der Waals surface area (Å²) in [7, 11) is -2.28. The third-order valence-electron chi connectivity index (χ3n) is 6.41. The van der Waals surface area contributed by atoms with Crippen LogP contribution >= 0.6 is 0 Å². The van der Waals surface area contributed by atoms with E-state index in [1.165, 1.54) is 4.31 Å². The number of ether oxygens (including phenoxy) is 2. The summed E-state index contributed by atoms with van der Waals surface area (Å²) in [6.45, 7) is 11.6. The maximum absolute atomic E-state index is 14.0. The van der Waals surface area contributed by atoms with Gasteiger partial charge in [-0.2, -0.15) is 4.31 Å². The molecule has 0 amide bonds. The van der Waals surface area contributed by atoms with Crippen molar-refractivity contribution in [3.8, 4) is 5.75 Å². The maximum Gasteiger partial charge on any atom is 0.355 e. The number of H-pyrrole nitrogens is 1. The number of rotatable bonds is 9. The van der Waals surface area contributed by atoms with Gasteiger partial charge in [-0.05, 0) is 93.1 Å². The summed E-state index contributed by atoms with van der Waals surface area (Å²) in [5, 5.41) is 0. The van der Waals surface area contributed by atoms with Gasteiger partial charge in [0.1, 0.15) is 11.4 Å². The minimum atomic E-state index is -3.87. The molecule has 0 saturated heterocycles. The molecular formula is C27H34N2O5S. The normalized spacial score (nSPS) is 11.7. The predicted octanol–water partition coefficient (Wildman–Crippen LogP) is 5.13. The van der Waals surface area contributed by atoms with Gasteiger partial charge in [0.25, 0.3) is 0 Å². The molecule has 0 bridgehead atoms. The van der Waals surface area contributed by atoms with E-state index in [9.17, 15) is 13.2 Å². The van der Waals surface area contributed by atoms with E-state index in [0.717, 1.165) is 27.8 Å². The summed E-state index contributed by atoms with van der Waals surface area (Å²) >= 11 is 0.